The van der Waals surface area contributed by atoms with Crippen LogP contribution < -0.4 is 0 Å². The van der Waals surface area contributed by atoms with Crippen molar-refractivity contribution >= 4 is 109 Å². The van der Waals surface area contributed by atoms with E-state index in [1.165, 1.54) is 0 Å². The zero-order valence-corrected chi connectivity index (χ0v) is 57.6. The van der Waals surface area contributed by atoms with E-state index in [9.17, 15) is 0 Å². The summed E-state index contributed by atoms with van der Waals surface area (Å²) < 4.78 is 27.2. The van der Waals surface area contributed by atoms with E-state index >= 15 is 0 Å². The molecule has 0 unspecified atom stereocenters. The van der Waals surface area contributed by atoms with Crippen molar-refractivity contribution in [3.05, 3.63) is 340 Å². The first-order valence-corrected chi connectivity index (χ1v) is 36.1. The standard InChI is InChI=1S/C98H56N6O4/c1-3-16-57(17-4-1)61-32-38-63(39-33-61)93-99-95(70-42-36-59-20-7-9-22-65(59)52-70)102-97(101-93)78-27-15-31-84-91(78)89-75(26-14-30-83(89)107-84)74-25-13-29-82-88(74)77-48-45-68(56-87(77)108-82)67-44-47-73-79-54-69(46-50-81(79)106-86(73)55-67)72-49-51-85-90(76-24-11-12-28-80(76)105-85)92(72)98-103-94(64-40-34-62(35-41-64)58-18-5-2-6-19-58)100-96(104-98)71-43-37-60-21-8-10-23-66(60)53-71/h1-56H. The molecule has 502 valence electrons. The maximum Gasteiger partial charge on any atom is 0.165 e. The highest BCUT2D eigenvalue weighted by atomic mass is 16.3. The van der Waals surface area contributed by atoms with Gasteiger partial charge in [-0.1, -0.05) is 255 Å². The predicted octanol–water partition coefficient (Wildman–Crippen LogP) is 26.3. The number of furan rings is 4. The lowest BCUT2D eigenvalue weighted by Crippen LogP contribution is -2.01. The second kappa shape index (κ2) is 24.5. The van der Waals surface area contributed by atoms with Crippen LogP contribution in [-0.4, -0.2) is 29.9 Å². The number of rotatable bonds is 11. The number of hydrogen-bond acceptors (Lipinski definition) is 10. The molecule has 6 heterocycles. The Labute approximate surface area is 616 Å². The largest absolute Gasteiger partial charge is 0.456 e. The van der Waals surface area contributed by atoms with Crippen LogP contribution in [0.4, 0.5) is 0 Å². The van der Waals surface area contributed by atoms with Gasteiger partial charge in [0.25, 0.3) is 0 Å². The first kappa shape index (κ1) is 60.8. The molecule has 6 aromatic heterocycles. The number of benzene rings is 16. The van der Waals surface area contributed by atoms with Crippen LogP contribution in [0.5, 0.6) is 0 Å². The molecule has 0 spiro atoms. The number of para-hydroxylation sites is 1. The van der Waals surface area contributed by atoms with Crippen LogP contribution in [0.2, 0.25) is 0 Å². The molecule has 16 aromatic carbocycles. The Kier molecular flexibility index (Phi) is 13.8. The van der Waals surface area contributed by atoms with Gasteiger partial charge in [0.2, 0.25) is 0 Å². The van der Waals surface area contributed by atoms with Crippen LogP contribution in [0.25, 0.3) is 233 Å². The normalized spacial score (nSPS) is 11.9. The lowest BCUT2D eigenvalue weighted by atomic mass is 9.93. The maximum atomic E-state index is 6.90. The second-order valence-electron chi connectivity index (χ2n) is 27.6. The number of nitrogens with zero attached hydrogens (tertiary/aromatic N) is 6. The molecule has 0 saturated carbocycles. The summed E-state index contributed by atoms with van der Waals surface area (Å²) in [6.07, 6.45) is 0. The van der Waals surface area contributed by atoms with Gasteiger partial charge in [-0.05, 0) is 162 Å². The van der Waals surface area contributed by atoms with Crippen LogP contribution in [0, 0.1) is 0 Å². The lowest BCUT2D eigenvalue weighted by Gasteiger charge is -2.14. The Morgan fingerprint density at radius 2 is 0.537 bits per heavy atom. The summed E-state index contributed by atoms with van der Waals surface area (Å²) in [4.78, 5) is 32.0. The van der Waals surface area contributed by atoms with E-state index in [0.29, 0.717) is 34.9 Å². The van der Waals surface area contributed by atoms with Crippen LogP contribution in [0.15, 0.2) is 357 Å². The fraction of sp³-hybridized carbons (Fsp3) is 0. The van der Waals surface area contributed by atoms with Gasteiger partial charge in [-0.2, -0.15) is 0 Å². The summed E-state index contributed by atoms with van der Waals surface area (Å²) in [5, 5.41) is 12.2. The van der Waals surface area contributed by atoms with Gasteiger partial charge in [0.15, 0.2) is 34.9 Å². The Morgan fingerprint density at radius 1 is 0.157 bits per heavy atom. The van der Waals surface area contributed by atoms with Crippen LogP contribution in [-0.2, 0) is 0 Å². The molecule has 0 aliphatic rings. The average Bonchev–Trinajstić information content (AvgIpc) is 1.55. The van der Waals surface area contributed by atoms with E-state index in [2.05, 4.69) is 297 Å². The van der Waals surface area contributed by atoms with Gasteiger partial charge in [0, 0.05) is 76.5 Å². The van der Waals surface area contributed by atoms with Gasteiger partial charge >= 0.3 is 0 Å². The molecule has 0 bridgehead atoms. The molecule has 0 radical (unpaired) electrons. The van der Waals surface area contributed by atoms with Crippen molar-refractivity contribution < 1.29 is 17.7 Å². The highest BCUT2D eigenvalue weighted by molar-refractivity contribution is 6.23. The molecule has 10 heteroatoms. The SMILES string of the molecule is c1ccc(-c2ccc(-c3nc(-c4ccc5ccccc5c4)nc(-c4c(-c5ccc6oc7cc(-c8ccc9c(c8)oc8cccc(-c%10cccc%11oc%12cccc(-c%13nc(-c%14ccc(-c%15ccccc%15)cc%14)nc(-c%14ccc%15ccccc%15c%14)n%13)c%12c%10%11)c89)ccc7c6c5)ccc5oc6ccccc6c45)n3)cc2)cc1. The molecule has 0 amide bonds. The quantitative estimate of drug-likeness (QED) is 0.123. The molecule has 22 rings (SSSR count). The molecule has 0 fully saturated rings. The van der Waals surface area contributed by atoms with Crippen molar-refractivity contribution in [3.8, 4) is 124 Å². The molecule has 0 aliphatic carbocycles. The molecule has 0 atom stereocenters. The summed E-state index contributed by atoms with van der Waals surface area (Å²) >= 11 is 0. The van der Waals surface area contributed by atoms with Crippen molar-refractivity contribution in [1.82, 2.24) is 29.9 Å². The number of aromatic nitrogens is 6. The van der Waals surface area contributed by atoms with E-state index in [4.69, 9.17) is 47.6 Å². The Bertz CT molecular complexity index is 7420. The fourth-order valence-corrected chi connectivity index (χ4v) is 16.0. The zero-order valence-electron chi connectivity index (χ0n) is 57.6. The first-order chi connectivity index (χ1) is 53.4. The third-order valence-electron chi connectivity index (χ3n) is 21.2. The molecule has 0 N–H and O–H groups in total. The van der Waals surface area contributed by atoms with Crippen LogP contribution in [0.1, 0.15) is 0 Å². The van der Waals surface area contributed by atoms with E-state index in [1.807, 2.05) is 42.5 Å². The van der Waals surface area contributed by atoms with Crippen molar-refractivity contribution in [2.75, 3.05) is 0 Å². The summed E-state index contributed by atoms with van der Waals surface area (Å²) in [6, 6.07) is 118. The second-order valence-corrected chi connectivity index (χ2v) is 27.6. The van der Waals surface area contributed by atoms with E-state index < -0.39 is 0 Å². The van der Waals surface area contributed by atoms with Gasteiger partial charge in [-0.15, -0.1) is 0 Å². The molecule has 0 aliphatic heterocycles. The predicted molar refractivity (Wildman–Crippen MR) is 437 cm³/mol. The Balaban J connectivity index is 0.639. The molecule has 10 nitrogen and oxygen atoms in total. The van der Waals surface area contributed by atoms with Gasteiger partial charge in [-0.3, -0.25) is 0 Å². The van der Waals surface area contributed by atoms with E-state index in [-0.39, 0.29) is 0 Å². The van der Waals surface area contributed by atoms with Gasteiger partial charge in [-0.25, -0.2) is 29.9 Å². The zero-order chi connectivity index (χ0) is 70.9. The van der Waals surface area contributed by atoms with Gasteiger partial charge in [0.1, 0.15) is 44.7 Å². The summed E-state index contributed by atoms with van der Waals surface area (Å²) in [5.41, 5.74) is 21.6. The van der Waals surface area contributed by atoms with Crippen LogP contribution in [0.3, 0.4) is 0 Å². The fourth-order valence-electron chi connectivity index (χ4n) is 16.0. The minimum absolute atomic E-state index is 0.528. The van der Waals surface area contributed by atoms with Gasteiger partial charge < -0.3 is 17.7 Å². The van der Waals surface area contributed by atoms with Crippen LogP contribution >= 0.6 is 0 Å². The lowest BCUT2D eigenvalue weighted by molar-refractivity contribution is 0.668. The molecular weight excluding hydrogens is 1330 g/mol. The maximum absolute atomic E-state index is 6.90. The summed E-state index contributed by atoms with van der Waals surface area (Å²) in [5.74, 6) is 3.33. The third kappa shape index (κ3) is 10.2. The first-order valence-electron chi connectivity index (χ1n) is 36.1. The minimum atomic E-state index is 0.528. The minimum Gasteiger partial charge on any atom is -0.456 e. The van der Waals surface area contributed by atoms with Crippen molar-refractivity contribution in [2.45, 2.75) is 0 Å². The smallest absolute Gasteiger partial charge is 0.165 e. The summed E-state index contributed by atoms with van der Waals surface area (Å²) in [7, 11) is 0. The Hall–Kier alpha value is -14.7. The van der Waals surface area contributed by atoms with Crippen molar-refractivity contribution in [2.24, 2.45) is 0 Å². The van der Waals surface area contributed by atoms with Gasteiger partial charge in [0.05, 0.1) is 0 Å². The number of fused-ring (bicyclic) bond motifs is 14. The molecule has 108 heavy (non-hydrogen) atoms. The molecule has 22 aromatic rings. The number of hydrogen-bond donors (Lipinski definition) is 0. The molecule has 0 saturated heterocycles. The van der Waals surface area contributed by atoms with Crippen molar-refractivity contribution in [1.29, 1.82) is 0 Å². The van der Waals surface area contributed by atoms with E-state index in [1.54, 1.807) is 0 Å². The molecular formula is C98H56N6O4. The Morgan fingerprint density at radius 3 is 1.16 bits per heavy atom. The monoisotopic (exact) mass is 1380 g/mol. The highest BCUT2D eigenvalue weighted by Crippen LogP contribution is 2.48. The summed E-state index contributed by atoms with van der Waals surface area (Å²) in [6.45, 7) is 0. The highest BCUT2D eigenvalue weighted by Gasteiger charge is 2.26. The van der Waals surface area contributed by atoms with E-state index in [0.717, 1.165) is 198 Å². The van der Waals surface area contributed by atoms with Crippen molar-refractivity contribution in [3.63, 3.8) is 0 Å². The third-order valence-corrected chi connectivity index (χ3v) is 21.2. The average molecular weight is 1380 g/mol. The topological polar surface area (TPSA) is 130 Å².